The molecule has 0 aliphatic carbocycles. The summed E-state index contributed by atoms with van der Waals surface area (Å²) in [5.41, 5.74) is 3.02. The number of carbonyl (C=O) groups is 1. The van der Waals surface area contributed by atoms with Crippen LogP contribution >= 0.6 is 0 Å². The van der Waals surface area contributed by atoms with Crippen molar-refractivity contribution in [1.29, 1.82) is 0 Å². The number of carbonyl (C=O) groups excluding carboxylic acids is 1. The lowest BCUT2D eigenvalue weighted by atomic mass is 10.3. The van der Waals surface area contributed by atoms with Crippen LogP contribution in [-0.4, -0.2) is 60.9 Å². The van der Waals surface area contributed by atoms with Crippen molar-refractivity contribution >= 4 is 11.4 Å². The summed E-state index contributed by atoms with van der Waals surface area (Å²) in [4.78, 5) is 28.6. The molecule has 5 rings (SSSR count). The van der Waals surface area contributed by atoms with Crippen LogP contribution in [0, 0.1) is 0 Å². The number of fused-ring (bicyclic) bond motifs is 1. The average Bonchev–Trinajstić information content (AvgIpc) is 3.54. The van der Waals surface area contributed by atoms with Gasteiger partial charge in [-0.05, 0) is 49.7 Å². The van der Waals surface area contributed by atoms with Crippen molar-refractivity contribution in [3.63, 3.8) is 0 Å². The molecule has 4 aromatic rings. The van der Waals surface area contributed by atoms with E-state index in [0.29, 0.717) is 24.6 Å². The third-order valence-electron chi connectivity index (χ3n) is 5.63. The van der Waals surface area contributed by atoms with Crippen LogP contribution in [0.1, 0.15) is 28.9 Å². The van der Waals surface area contributed by atoms with Crippen molar-refractivity contribution in [2.24, 2.45) is 0 Å². The smallest absolute Gasteiger partial charge is 0.272 e. The van der Waals surface area contributed by atoms with Gasteiger partial charge in [0, 0.05) is 37.9 Å². The molecule has 0 spiro atoms. The Balaban J connectivity index is 1.37. The second-order valence-corrected chi connectivity index (χ2v) is 7.84. The summed E-state index contributed by atoms with van der Waals surface area (Å²) in [5, 5.41) is 3.03. The fourth-order valence-electron chi connectivity index (χ4n) is 4.07. The van der Waals surface area contributed by atoms with Crippen molar-refractivity contribution in [3.05, 3.63) is 72.7 Å². The molecule has 1 N–H and O–H groups in total. The Morgan fingerprint density at radius 3 is 2.87 bits per heavy atom. The first-order valence-electron chi connectivity index (χ1n) is 10.7. The third kappa shape index (κ3) is 4.20. The summed E-state index contributed by atoms with van der Waals surface area (Å²) in [6.07, 6.45) is 11.7. The monoisotopic (exact) mass is 415 g/mol. The highest BCUT2D eigenvalue weighted by atomic mass is 16.1. The molecule has 1 aliphatic heterocycles. The van der Waals surface area contributed by atoms with E-state index in [1.807, 2.05) is 57.9 Å². The van der Waals surface area contributed by atoms with E-state index in [4.69, 9.17) is 0 Å². The zero-order valence-electron chi connectivity index (χ0n) is 17.3. The van der Waals surface area contributed by atoms with Gasteiger partial charge in [0.25, 0.3) is 5.91 Å². The minimum atomic E-state index is -0.149. The largest absolute Gasteiger partial charge is 0.349 e. The number of amides is 1. The number of imidazole rings is 2. The Morgan fingerprint density at radius 2 is 2.03 bits per heavy atom. The van der Waals surface area contributed by atoms with Crippen molar-refractivity contribution in [3.8, 4) is 11.5 Å². The Labute approximate surface area is 180 Å². The van der Waals surface area contributed by atoms with Crippen molar-refractivity contribution in [2.75, 3.05) is 26.2 Å². The first-order chi connectivity index (χ1) is 15.3. The first-order valence-corrected chi connectivity index (χ1v) is 10.7. The molecule has 8 heteroatoms. The number of nitrogens with one attached hydrogen (secondary N) is 1. The van der Waals surface area contributed by atoms with Crippen LogP contribution in [0.2, 0.25) is 0 Å². The summed E-state index contributed by atoms with van der Waals surface area (Å²) in [5.74, 6) is 0.508. The Bertz CT molecular complexity index is 1180. The predicted molar refractivity (Wildman–Crippen MR) is 118 cm³/mol. The van der Waals surface area contributed by atoms with Crippen LogP contribution in [0.4, 0.5) is 0 Å². The lowest BCUT2D eigenvalue weighted by Gasteiger charge is -2.14. The molecule has 1 aliphatic rings. The highest BCUT2D eigenvalue weighted by Gasteiger charge is 2.20. The molecule has 158 valence electrons. The van der Waals surface area contributed by atoms with Gasteiger partial charge in [-0.15, -0.1) is 0 Å². The van der Waals surface area contributed by atoms with E-state index in [1.54, 1.807) is 12.5 Å². The molecule has 0 bridgehead atoms. The molecule has 1 saturated heterocycles. The summed E-state index contributed by atoms with van der Waals surface area (Å²) < 4.78 is 3.91. The molecule has 4 aromatic heterocycles. The second kappa shape index (κ2) is 8.69. The lowest BCUT2D eigenvalue weighted by molar-refractivity contribution is 0.0947. The standard InChI is InChI=1S/C23H25N7O/c31-23(25-9-13-28-10-3-4-11-28)21-20-7-1-2-12-30(20)22(27-21)19-16-29(17-26-19)15-18-6-5-8-24-14-18/h1-2,5-8,12,14,16-17H,3-4,9-11,13,15H2,(H,25,31). The zero-order valence-corrected chi connectivity index (χ0v) is 17.3. The van der Waals surface area contributed by atoms with Gasteiger partial charge in [-0.3, -0.25) is 14.2 Å². The van der Waals surface area contributed by atoms with Crippen LogP contribution in [0.15, 0.2) is 61.4 Å². The van der Waals surface area contributed by atoms with Gasteiger partial charge in [0.05, 0.1) is 18.4 Å². The molecule has 0 aromatic carbocycles. The number of pyridine rings is 2. The Morgan fingerprint density at radius 1 is 1.13 bits per heavy atom. The molecule has 0 radical (unpaired) electrons. The van der Waals surface area contributed by atoms with Crippen LogP contribution in [0.25, 0.3) is 17.0 Å². The molecule has 1 fully saturated rings. The van der Waals surface area contributed by atoms with Crippen LogP contribution in [-0.2, 0) is 6.54 Å². The van der Waals surface area contributed by atoms with Gasteiger partial charge in [-0.1, -0.05) is 12.1 Å². The van der Waals surface area contributed by atoms with E-state index in [1.165, 1.54) is 12.8 Å². The molecule has 31 heavy (non-hydrogen) atoms. The molecule has 0 saturated carbocycles. The number of hydrogen-bond donors (Lipinski definition) is 1. The topological polar surface area (TPSA) is 80.3 Å². The third-order valence-corrected chi connectivity index (χ3v) is 5.63. The summed E-state index contributed by atoms with van der Waals surface area (Å²) in [6.45, 7) is 4.42. The van der Waals surface area contributed by atoms with Crippen molar-refractivity contribution < 1.29 is 4.79 Å². The van der Waals surface area contributed by atoms with E-state index >= 15 is 0 Å². The maximum atomic E-state index is 12.9. The van der Waals surface area contributed by atoms with Crippen LogP contribution in [0.5, 0.6) is 0 Å². The van der Waals surface area contributed by atoms with Gasteiger partial charge in [0.1, 0.15) is 5.69 Å². The highest BCUT2D eigenvalue weighted by Crippen LogP contribution is 2.22. The van der Waals surface area contributed by atoms with Crippen molar-refractivity contribution in [2.45, 2.75) is 19.4 Å². The molecular weight excluding hydrogens is 390 g/mol. The summed E-state index contributed by atoms with van der Waals surface area (Å²) in [6, 6.07) is 9.72. The van der Waals surface area contributed by atoms with Crippen LogP contribution < -0.4 is 5.32 Å². The molecule has 8 nitrogen and oxygen atoms in total. The number of rotatable bonds is 7. The van der Waals surface area contributed by atoms with E-state index < -0.39 is 0 Å². The van der Waals surface area contributed by atoms with E-state index in [9.17, 15) is 4.79 Å². The Hall–Kier alpha value is -3.52. The molecular formula is C23H25N7O. The number of likely N-dealkylation sites (tertiary alicyclic amines) is 1. The Kier molecular flexibility index (Phi) is 5.45. The highest BCUT2D eigenvalue weighted by molar-refractivity contribution is 5.99. The second-order valence-electron chi connectivity index (χ2n) is 7.84. The maximum absolute atomic E-state index is 12.9. The average molecular weight is 416 g/mol. The van der Waals surface area contributed by atoms with Gasteiger partial charge in [-0.25, -0.2) is 9.97 Å². The minimum absolute atomic E-state index is 0.149. The summed E-state index contributed by atoms with van der Waals surface area (Å²) >= 11 is 0. The molecule has 1 amide bonds. The predicted octanol–water partition coefficient (Wildman–Crippen LogP) is 2.47. The lowest BCUT2D eigenvalue weighted by Crippen LogP contribution is -2.33. The fraction of sp³-hybridized carbons (Fsp3) is 0.304. The van der Waals surface area contributed by atoms with Gasteiger partial charge < -0.3 is 14.8 Å². The van der Waals surface area contributed by atoms with Gasteiger partial charge >= 0.3 is 0 Å². The SMILES string of the molecule is O=C(NCCN1CCCC1)c1nc(-c2cn(Cc3cccnc3)cn2)n2ccccc12. The minimum Gasteiger partial charge on any atom is -0.349 e. The normalized spacial score (nSPS) is 14.3. The molecule has 0 unspecified atom stereocenters. The number of aromatic nitrogens is 5. The zero-order chi connectivity index (χ0) is 21.0. The van der Waals surface area contributed by atoms with Gasteiger partial charge in [-0.2, -0.15) is 0 Å². The van der Waals surface area contributed by atoms with Crippen LogP contribution in [0.3, 0.4) is 0 Å². The van der Waals surface area contributed by atoms with E-state index in [-0.39, 0.29) is 5.91 Å². The molecule has 0 atom stereocenters. The first kappa shape index (κ1) is 19.4. The quantitative estimate of drug-likeness (QED) is 0.502. The maximum Gasteiger partial charge on any atom is 0.272 e. The van der Waals surface area contributed by atoms with Gasteiger partial charge in [0.2, 0.25) is 0 Å². The number of nitrogens with zero attached hydrogens (tertiary/aromatic N) is 6. The van der Waals surface area contributed by atoms with Crippen molar-refractivity contribution in [1.82, 2.24) is 34.1 Å². The van der Waals surface area contributed by atoms with Gasteiger partial charge in [0.15, 0.2) is 11.5 Å². The van der Waals surface area contributed by atoms with E-state index in [0.717, 1.165) is 36.4 Å². The fourth-order valence-corrected chi connectivity index (χ4v) is 4.07. The van der Waals surface area contributed by atoms with E-state index in [2.05, 4.69) is 25.2 Å². The molecule has 5 heterocycles. The summed E-state index contributed by atoms with van der Waals surface area (Å²) in [7, 11) is 0. The number of hydrogen-bond acceptors (Lipinski definition) is 5.